The Hall–Kier alpha value is -1.58. The number of hydrogen-bond acceptors (Lipinski definition) is 3. The zero-order chi connectivity index (χ0) is 12.8. The van der Waals surface area contributed by atoms with Crippen molar-refractivity contribution < 1.29 is 0 Å². The fourth-order valence-electron chi connectivity index (χ4n) is 2.57. The van der Waals surface area contributed by atoms with Crippen LogP contribution in [0.4, 0.5) is 5.69 Å². The van der Waals surface area contributed by atoms with Crippen LogP contribution in [-0.2, 0) is 0 Å². The predicted molar refractivity (Wildman–Crippen MR) is 81.4 cm³/mol. The van der Waals surface area contributed by atoms with Gasteiger partial charge >= 0.3 is 0 Å². The Morgan fingerprint density at radius 1 is 1.21 bits per heavy atom. The molecule has 1 atom stereocenters. The first kappa shape index (κ1) is 11.3. The van der Waals surface area contributed by atoms with Gasteiger partial charge in [-0.1, -0.05) is 29.8 Å². The van der Waals surface area contributed by atoms with Gasteiger partial charge in [0, 0.05) is 17.3 Å². The molecule has 1 aliphatic rings. The van der Waals surface area contributed by atoms with E-state index in [9.17, 15) is 0 Å². The van der Waals surface area contributed by atoms with E-state index in [1.165, 1.54) is 11.3 Å². The molecule has 2 aromatic carbocycles. The molecule has 0 amide bonds. The first-order valence-electron chi connectivity index (χ1n) is 6.20. The maximum atomic E-state index is 6.04. The van der Waals surface area contributed by atoms with Crippen LogP contribution in [-0.4, -0.2) is 11.5 Å². The minimum Gasteiger partial charge on any atom is -0.384 e. The molecule has 0 saturated heterocycles. The molecule has 1 aromatic heterocycles. The first-order chi connectivity index (χ1) is 9.31. The summed E-state index contributed by atoms with van der Waals surface area (Å²) in [6.45, 7) is 0.924. The molecule has 2 heterocycles. The van der Waals surface area contributed by atoms with Gasteiger partial charge in [0.15, 0.2) is 0 Å². The van der Waals surface area contributed by atoms with Crippen molar-refractivity contribution in [1.82, 2.24) is 4.98 Å². The molecule has 2 nitrogen and oxygen atoms in total. The van der Waals surface area contributed by atoms with Gasteiger partial charge in [0.2, 0.25) is 0 Å². The van der Waals surface area contributed by atoms with Gasteiger partial charge in [-0.05, 0) is 29.8 Å². The van der Waals surface area contributed by atoms with Crippen LogP contribution < -0.4 is 5.32 Å². The number of halogens is 1. The van der Waals surface area contributed by atoms with Crippen LogP contribution in [0, 0.1) is 0 Å². The van der Waals surface area contributed by atoms with E-state index in [0.29, 0.717) is 5.92 Å². The summed E-state index contributed by atoms with van der Waals surface area (Å²) in [4.78, 5) is 4.75. The molecule has 19 heavy (non-hydrogen) atoms. The van der Waals surface area contributed by atoms with E-state index in [2.05, 4.69) is 29.6 Å². The molecule has 1 unspecified atom stereocenters. The summed E-state index contributed by atoms with van der Waals surface area (Å²) in [5.41, 5.74) is 3.60. The van der Waals surface area contributed by atoms with Crippen molar-refractivity contribution in [2.45, 2.75) is 5.92 Å². The number of para-hydroxylation sites is 1. The quantitative estimate of drug-likeness (QED) is 0.712. The predicted octanol–water partition coefficient (Wildman–Crippen LogP) is 4.51. The van der Waals surface area contributed by atoms with Crippen LogP contribution in [0.1, 0.15) is 16.5 Å². The molecular formula is C15H11ClN2S. The van der Waals surface area contributed by atoms with E-state index in [-0.39, 0.29) is 0 Å². The van der Waals surface area contributed by atoms with E-state index in [1.807, 2.05) is 18.2 Å². The molecule has 4 heteroatoms. The smallest absolute Gasteiger partial charge is 0.103 e. The normalized spacial score (nSPS) is 17.4. The van der Waals surface area contributed by atoms with Crippen LogP contribution >= 0.6 is 22.9 Å². The first-order valence-corrected chi connectivity index (χ1v) is 7.39. The highest BCUT2D eigenvalue weighted by molar-refractivity contribution is 7.18. The van der Waals surface area contributed by atoms with Gasteiger partial charge in [-0.15, -0.1) is 11.3 Å². The van der Waals surface area contributed by atoms with Crippen LogP contribution in [0.3, 0.4) is 0 Å². The molecular weight excluding hydrogens is 276 g/mol. The van der Waals surface area contributed by atoms with Crippen LogP contribution in [0.5, 0.6) is 0 Å². The number of rotatable bonds is 1. The number of fused-ring (bicyclic) bond motifs is 2. The lowest BCUT2D eigenvalue weighted by Crippen LogP contribution is -2.02. The minimum absolute atomic E-state index is 0.354. The van der Waals surface area contributed by atoms with Crippen molar-refractivity contribution in [3.05, 3.63) is 58.1 Å². The summed E-state index contributed by atoms with van der Waals surface area (Å²) in [6.07, 6.45) is 0. The topological polar surface area (TPSA) is 24.9 Å². The number of aromatic nitrogens is 1. The molecule has 0 radical (unpaired) electrons. The number of thiazole rings is 1. The third kappa shape index (κ3) is 1.81. The van der Waals surface area contributed by atoms with E-state index in [4.69, 9.17) is 16.6 Å². The standard InChI is InChI=1S/C15H11ClN2S/c16-9-5-6-13-14(7-9)19-15(18-13)11-8-17-12-4-2-1-3-10(11)12/h1-7,11,17H,8H2. The van der Waals surface area contributed by atoms with E-state index in [0.717, 1.165) is 26.8 Å². The SMILES string of the molecule is Clc1ccc2nc(C3CNc4ccccc43)sc2c1. The maximum Gasteiger partial charge on any atom is 0.103 e. The lowest BCUT2D eigenvalue weighted by Gasteiger charge is -2.05. The Labute approximate surface area is 120 Å². The highest BCUT2D eigenvalue weighted by Crippen LogP contribution is 2.39. The Bertz CT molecular complexity index is 766. The molecule has 0 bridgehead atoms. The molecule has 0 fully saturated rings. The second kappa shape index (κ2) is 4.22. The van der Waals surface area contributed by atoms with Crippen molar-refractivity contribution in [2.75, 3.05) is 11.9 Å². The third-order valence-electron chi connectivity index (χ3n) is 3.50. The van der Waals surface area contributed by atoms with E-state index < -0.39 is 0 Å². The molecule has 94 valence electrons. The van der Waals surface area contributed by atoms with Crippen molar-refractivity contribution in [3.8, 4) is 0 Å². The van der Waals surface area contributed by atoms with Gasteiger partial charge in [0.05, 0.1) is 16.1 Å². The summed E-state index contributed by atoms with van der Waals surface area (Å²) in [5.74, 6) is 0.354. The second-order valence-corrected chi connectivity index (χ2v) is 6.18. The van der Waals surface area contributed by atoms with Gasteiger partial charge in [0.1, 0.15) is 5.01 Å². The molecule has 0 aliphatic carbocycles. The maximum absolute atomic E-state index is 6.04. The minimum atomic E-state index is 0.354. The average Bonchev–Trinajstić information content (AvgIpc) is 3.00. The molecule has 0 spiro atoms. The fraction of sp³-hybridized carbons (Fsp3) is 0.133. The monoisotopic (exact) mass is 286 g/mol. The van der Waals surface area contributed by atoms with E-state index >= 15 is 0 Å². The molecule has 1 N–H and O–H groups in total. The third-order valence-corrected chi connectivity index (χ3v) is 4.86. The Balaban J connectivity index is 1.83. The van der Waals surface area contributed by atoms with E-state index in [1.54, 1.807) is 11.3 Å². The van der Waals surface area contributed by atoms with Gasteiger partial charge in [-0.3, -0.25) is 0 Å². The number of hydrogen-bond donors (Lipinski definition) is 1. The summed E-state index contributed by atoms with van der Waals surface area (Å²) in [5, 5.41) is 5.38. The van der Waals surface area contributed by atoms with Gasteiger partial charge < -0.3 is 5.32 Å². The lowest BCUT2D eigenvalue weighted by molar-refractivity contribution is 0.896. The molecule has 1 aliphatic heterocycles. The summed E-state index contributed by atoms with van der Waals surface area (Å²) >= 11 is 7.77. The van der Waals surface area contributed by atoms with Crippen molar-refractivity contribution >= 4 is 38.8 Å². The second-order valence-electron chi connectivity index (χ2n) is 4.68. The molecule has 4 rings (SSSR count). The Morgan fingerprint density at radius 2 is 2.11 bits per heavy atom. The van der Waals surface area contributed by atoms with Crippen LogP contribution in [0.25, 0.3) is 10.2 Å². The molecule has 3 aromatic rings. The average molecular weight is 287 g/mol. The van der Waals surface area contributed by atoms with Crippen molar-refractivity contribution in [2.24, 2.45) is 0 Å². The Morgan fingerprint density at radius 3 is 3.05 bits per heavy atom. The number of nitrogens with one attached hydrogen (secondary N) is 1. The van der Waals surface area contributed by atoms with Crippen molar-refractivity contribution in [1.29, 1.82) is 0 Å². The van der Waals surface area contributed by atoms with Crippen LogP contribution in [0.2, 0.25) is 5.02 Å². The summed E-state index contributed by atoms with van der Waals surface area (Å²) < 4.78 is 1.16. The largest absolute Gasteiger partial charge is 0.384 e. The summed E-state index contributed by atoms with van der Waals surface area (Å²) in [6, 6.07) is 14.3. The van der Waals surface area contributed by atoms with Gasteiger partial charge in [-0.25, -0.2) is 4.98 Å². The number of anilines is 1. The highest BCUT2D eigenvalue weighted by atomic mass is 35.5. The Kier molecular flexibility index (Phi) is 2.50. The van der Waals surface area contributed by atoms with Crippen molar-refractivity contribution in [3.63, 3.8) is 0 Å². The zero-order valence-corrected chi connectivity index (χ0v) is 11.6. The number of benzene rings is 2. The number of nitrogens with zero attached hydrogens (tertiary/aromatic N) is 1. The van der Waals surface area contributed by atoms with Gasteiger partial charge in [0.25, 0.3) is 0 Å². The zero-order valence-electron chi connectivity index (χ0n) is 10.1. The lowest BCUT2D eigenvalue weighted by atomic mass is 10.0. The van der Waals surface area contributed by atoms with Gasteiger partial charge in [-0.2, -0.15) is 0 Å². The fourth-order valence-corrected chi connectivity index (χ4v) is 3.93. The van der Waals surface area contributed by atoms with Crippen LogP contribution in [0.15, 0.2) is 42.5 Å². The molecule has 0 saturated carbocycles. The highest BCUT2D eigenvalue weighted by Gasteiger charge is 2.25. The summed E-state index contributed by atoms with van der Waals surface area (Å²) in [7, 11) is 0.